The van der Waals surface area contributed by atoms with E-state index < -0.39 is 0 Å². The van der Waals surface area contributed by atoms with Crippen molar-refractivity contribution in [2.45, 2.75) is 27.2 Å². The molecule has 4 rings (SSSR count). The predicted molar refractivity (Wildman–Crippen MR) is 122 cm³/mol. The molecular formula is C23H22N4O2S. The number of fused-ring (bicyclic) bond motifs is 1. The van der Waals surface area contributed by atoms with Crippen molar-refractivity contribution in [3.8, 4) is 11.3 Å². The molecule has 2 aromatic heterocycles. The second-order valence-corrected chi connectivity index (χ2v) is 7.96. The zero-order valence-electron chi connectivity index (χ0n) is 17.0. The third-order valence-electron chi connectivity index (χ3n) is 5.08. The summed E-state index contributed by atoms with van der Waals surface area (Å²) in [7, 11) is 0. The molecule has 0 saturated heterocycles. The minimum Gasteiger partial charge on any atom is -0.358 e. The molecule has 6 nitrogen and oxygen atoms in total. The van der Waals surface area contributed by atoms with Crippen LogP contribution in [0.3, 0.4) is 0 Å². The van der Waals surface area contributed by atoms with E-state index in [2.05, 4.69) is 20.6 Å². The van der Waals surface area contributed by atoms with E-state index >= 15 is 0 Å². The van der Waals surface area contributed by atoms with Crippen LogP contribution in [0.5, 0.6) is 0 Å². The second kappa shape index (κ2) is 8.12. The van der Waals surface area contributed by atoms with Gasteiger partial charge < -0.3 is 10.3 Å². The number of nitrogens with zero attached hydrogens (tertiary/aromatic N) is 1. The molecule has 0 fully saturated rings. The first-order valence-corrected chi connectivity index (χ1v) is 10.6. The van der Waals surface area contributed by atoms with Gasteiger partial charge in [0.1, 0.15) is 0 Å². The highest BCUT2D eigenvalue weighted by atomic mass is 32.1. The fourth-order valence-corrected chi connectivity index (χ4v) is 3.92. The minimum atomic E-state index is -0.186. The fourth-order valence-electron chi connectivity index (χ4n) is 3.21. The number of nitrogens with one attached hydrogen (secondary N) is 3. The average Bonchev–Trinajstić information content (AvgIpc) is 3.32. The van der Waals surface area contributed by atoms with Gasteiger partial charge in [0.15, 0.2) is 5.13 Å². The molecule has 0 bridgehead atoms. The highest BCUT2D eigenvalue weighted by Gasteiger charge is 2.13. The van der Waals surface area contributed by atoms with E-state index in [1.165, 1.54) is 11.3 Å². The van der Waals surface area contributed by atoms with Gasteiger partial charge >= 0.3 is 0 Å². The third-order valence-corrected chi connectivity index (χ3v) is 5.84. The maximum Gasteiger partial charge on any atom is 0.257 e. The molecule has 0 radical (unpaired) electrons. The number of anilines is 2. The largest absolute Gasteiger partial charge is 0.358 e. The van der Waals surface area contributed by atoms with Gasteiger partial charge in [0.2, 0.25) is 5.91 Å². The van der Waals surface area contributed by atoms with Crippen molar-refractivity contribution in [1.29, 1.82) is 0 Å². The Morgan fingerprint density at radius 3 is 2.57 bits per heavy atom. The lowest BCUT2D eigenvalue weighted by Gasteiger charge is -2.04. The van der Waals surface area contributed by atoms with Crippen molar-refractivity contribution in [3.63, 3.8) is 0 Å². The monoisotopic (exact) mass is 418 g/mol. The number of aryl methyl sites for hydroxylation is 2. The van der Waals surface area contributed by atoms with Crippen LogP contribution in [0.25, 0.3) is 22.2 Å². The molecule has 2 amide bonds. The number of thiazole rings is 1. The molecule has 0 aliphatic carbocycles. The summed E-state index contributed by atoms with van der Waals surface area (Å²) < 4.78 is 0. The lowest BCUT2D eigenvalue weighted by molar-refractivity contribution is -0.115. The predicted octanol–water partition coefficient (Wildman–Crippen LogP) is 5.51. The summed E-state index contributed by atoms with van der Waals surface area (Å²) in [4.78, 5) is 32.0. The van der Waals surface area contributed by atoms with Crippen LogP contribution in [0, 0.1) is 13.8 Å². The number of carbonyl (C=O) groups is 2. The first-order chi connectivity index (χ1) is 14.4. The molecule has 152 valence electrons. The van der Waals surface area contributed by atoms with Crippen LogP contribution in [0.2, 0.25) is 0 Å². The molecule has 2 aromatic carbocycles. The van der Waals surface area contributed by atoms with Crippen molar-refractivity contribution in [3.05, 3.63) is 64.7 Å². The van der Waals surface area contributed by atoms with Crippen LogP contribution in [0.15, 0.2) is 47.8 Å². The molecule has 7 heteroatoms. The van der Waals surface area contributed by atoms with Crippen molar-refractivity contribution < 1.29 is 9.59 Å². The standard InChI is InChI=1S/C23H22N4O2S/c1-4-21(28)25-17-8-5-15(6-9-17)20-12-30-23(26-20)27-22(29)16-7-10-19-18(11-16)13(2)14(3)24-19/h5-12,24H,4H2,1-3H3,(H,25,28)(H,26,27,29). The Morgan fingerprint density at radius 1 is 1.07 bits per heavy atom. The number of H-pyrrole nitrogens is 1. The number of aromatic nitrogens is 2. The van der Waals surface area contributed by atoms with Crippen LogP contribution < -0.4 is 10.6 Å². The van der Waals surface area contributed by atoms with Crippen molar-refractivity contribution in [2.24, 2.45) is 0 Å². The maximum atomic E-state index is 12.7. The van der Waals surface area contributed by atoms with Crippen LogP contribution >= 0.6 is 11.3 Å². The van der Waals surface area contributed by atoms with Crippen LogP contribution in [-0.4, -0.2) is 21.8 Å². The first kappa shape index (κ1) is 19.8. The Kier molecular flexibility index (Phi) is 5.37. The molecule has 3 N–H and O–H groups in total. The Bertz CT molecular complexity index is 1240. The van der Waals surface area contributed by atoms with E-state index in [9.17, 15) is 9.59 Å². The quantitative estimate of drug-likeness (QED) is 0.399. The average molecular weight is 419 g/mol. The fraction of sp³-hybridized carbons (Fsp3) is 0.174. The number of hydrogen-bond acceptors (Lipinski definition) is 4. The Morgan fingerprint density at radius 2 is 1.83 bits per heavy atom. The minimum absolute atomic E-state index is 0.0235. The maximum absolute atomic E-state index is 12.7. The second-order valence-electron chi connectivity index (χ2n) is 7.11. The SMILES string of the molecule is CCC(=O)Nc1ccc(-c2csc(NC(=O)c3ccc4[nH]c(C)c(C)c4c3)n2)cc1. The van der Waals surface area contributed by atoms with Gasteiger partial charge in [-0.05, 0) is 49.7 Å². The number of rotatable bonds is 5. The van der Waals surface area contributed by atoms with Gasteiger partial charge in [-0.1, -0.05) is 19.1 Å². The van der Waals surface area contributed by atoms with E-state index in [1.54, 1.807) is 0 Å². The third kappa shape index (κ3) is 3.97. The lowest BCUT2D eigenvalue weighted by atomic mass is 10.1. The summed E-state index contributed by atoms with van der Waals surface area (Å²) in [5.41, 5.74) is 6.31. The smallest absolute Gasteiger partial charge is 0.257 e. The van der Waals surface area contributed by atoms with Gasteiger partial charge in [-0.3, -0.25) is 14.9 Å². The summed E-state index contributed by atoms with van der Waals surface area (Å²) in [6.07, 6.45) is 0.438. The van der Waals surface area contributed by atoms with Gasteiger partial charge in [-0.25, -0.2) is 4.98 Å². The molecule has 30 heavy (non-hydrogen) atoms. The number of benzene rings is 2. The summed E-state index contributed by atoms with van der Waals surface area (Å²) in [6, 6.07) is 13.1. The number of amides is 2. The Balaban J connectivity index is 1.48. The summed E-state index contributed by atoms with van der Waals surface area (Å²) in [6.45, 7) is 5.88. The lowest BCUT2D eigenvalue weighted by Crippen LogP contribution is -2.11. The van der Waals surface area contributed by atoms with Crippen molar-refractivity contribution >= 4 is 44.9 Å². The number of hydrogen-bond donors (Lipinski definition) is 3. The van der Waals surface area contributed by atoms with E-state index in [0.717, 1.165) is 39.1 Å². The highest BCUT2D eigenvalue weighted by molar-refractivity contribution is 7.14. The van der Waals surface area contributed by atoms with Gasteiger partial charge in [0.25, 0.3) is 5.91 Å². The molecule has 0 atom stereocenters. The van der Waals surface area contributed by atoms with E-state index in [4.69, 9.17) is 0 Å². The first-order valence-electron chi connectivity index (χ1n) is 9.70. The van der Waals surface area contributed by atoms with Gasteiger partial charge in [0, 0.05) is 45.2 Å². The summed E-state index contributed by atoms with van der Waals surface area (Å²) in [5.74, 6) is -0.210. The zero-order valence-corrected chi connectivity index (χ0v) is 17.8. The topological polar surface area (TPSA) is 86.9 Å². The van der Waals surface area contributed by atoms with Crippen molar-refractivity contribution in [2.75, 3.05) is 10.6 Å². The normalized spacial score (nSPS) is 10.9. The molecule has 0 unspecified atom stereocenters. The van der Waals surface area contributed by atoms with E-state index in [0.29, 0.717) is 17.1 Å². The van der Waals surface area contributed by atoms with Gasteiger partial charge in [-0.15, -0.1) is 11.3 Å². The summed E-state index contributed by atoms with van der Waals surface area (Å²) in [5, 5.41) is 9.20. The molecule has 0 spiro atoms. The van der Waals surface area contributed by atoms with Crippen LogP contribution in [-0.2, 0) is 4.79 Å². The van der Waals surface area contributed by atoms with Crippen molar-refractivity contribution in [1.82, 2.24) is 9.97 Å². The highest BCUT2D eigenvalue weighted by Crippen LogP contribution is 2.27. The number of carbonyl (C=O) groups excluding carboxylic acids is 2. The zero-order chi connectivity index (χ0) is 21.3. The van der Waals surface area contributed by atoms with E-state index in [1.807, 2.05) is 68.6 Å². The van der Waals surface area contributed by atoms with Gasteiger partial charge in [0.05, 0.1) is 5.69 Å². The Labute approximate surface area is 178 Å². The van der Waals surface area contributed by atoms with Crippen LogP contribution in [0.4, 0.5) is 10.8 Å². The molecular weight excluding hydrogens is 396 g/mol. The molecule has 0 saturated carbocycles. The van der Waals surface area contributed by atoms with Gasteiger partial charge in [-0.2, -0.15) is 0 Å². The summed E-state index contributed by atoms with van der Waals surface area (Å²) >= 11 is 1.38. The molecule has 0 aliphatic rings. The van der Waals surface area contributed by atoms with Crippen LogP contribution in [0.1, 0.15) is 35.0 Å². The Hall–Kier alpha value is -3.45. The van der Waals surface area contributed by atoms with E-state index in [-0.39, 0.29) is 11.8 Å². The number of aromatic amines is 1. The molecule has 2 heterocycles. The molecule has 0 aliphatic heterocycles. The molecule has 4 aromatic rings.